The third-order valence-electron chi connectivity index (χ3n) is 3.86. The molecule has 0 atom stereocenters. The second-order valence-electron chi connectivity index (χ2n) is 5.73. The average molecular weight is 380 g/mol. The molecule has 3 aromatic rings. The summed E-state index contributed by atoms with van der Waals surface area (Å²) in [6.07, 6.45) is 0. The Hall–Kier alpha value is -4.01. The quantitative estimate of drug-likeness (QED) is 0.568. The number of aromatic amines is 1. The highest BCUT2D eigenvalue weighted by atomic mass is 16.5. The summed E-state index contributed by atoms with van der Waals surface area (Å²) < 4.78 is 4.99. The van der Waals surface area contributed by atoms with Crippen molar-refractivity contribution in [3.63, 3.8) is 0 Å². The summed E-state index contributed by atoms with van der Waals surface area (Å²) in [5.41, 5.74) is 0.237. The maximum Gasteiger partial charge on any atom is 0.359 e. The second kappa shape index (κ2) is 8.12. The number of nitrogens with zero attached hydrogens (tertiary/aromatic N) is 1. The van der Waals surface area contributed by atoms with Crippen molar-refractivity contribution in [2.75, 3.05) is 19.0 Å². The highest BCUT2D eigenvalue weighted by Gasteiger charge is 2.17. The van der Waals surface area contributed by atoms with Crippen molar-refractivity contribution >= 4 is 34.2 Å². The summed E-state index contributed by atoms with van der Waals surface area (Å²) in [6, 6.07) is 12.7. The zero-order valence-electron chi connectivity index (χ0n) is 14.8. The number of ether oxygens (including phenoxy) is 1. The lowest BCUT2D eigenvalue weighted by Gasteiger charge is -2.08. The van der Waals surface area contributed by atoms with Gasteiger partial charge in [0.15, 0.2) is 12.3 Å². The Labute approximate surface area is 158 Å². The van der Waals surface area contributed by atoms with E-state index in [-0.39, 0.29) is 11.6 Å². The van der Waals surface area contributed by atoms with Crippen molar-refractivity contribution in [3.8, 4) is 0 Å². The van der Waals surface area contributed by atoms with Crippen LogP contribution in [0.25, 0.3) is 10.8 Å². The molecule has 3 rings (SSSR count). The zero-order valence-corrected chi connectivity index (χ0v) is 14.8. The van der Waals surface area contributed by atoms with Crippen LogP contribution in [0.1, 0.15) is 20.8 Å². The molecule has 0 radical (unpaired) electrons. The number of hydrogen-bond acceptors (Lipinski definition) is 6. The standard InChI is InChI=1S/C19H16N4O5/c1-20-17(25)11-5-4-6-12(9-11)21-15(24)10-28-19(27)16-13-7-2-3-8-14(13)18(26)23-22-16/h2-9H,10H2,1H3,(H,20,25)(H,21,24)(H,23,26). The number of H-pyrrole nitrogens is 1. The number of benzene rings is 2. The number of carbonyl (C=O) groups excluding carboxylic acids is 3. The van der Waals surface area contributed by atoms with Crippen molar-refractivity contribution < 1.29 is 19.1 Å². The van der Waals surface area contributed by atoms with E-state index in [1.165, 1.54) is 13.1 Å². The van der Waals surface area contributed by atoms with E-state index >= 15 is 0 Å². The molecule has 3 N–H and O–H groups in total. The first-order valence-electron chi connectivity index (χ1n) is 8.26. The maximum atomic E-state index is 12.3. The number of carbonyl (C=O) groups is 3. The molecular weight excluding hydrogens is 364 g/mol. The van der Waals surface area contributed by atoms with Crippen LogP contribution < -0.4 is 16.2 Å². The molecule has 0 aliphatic rings. The minimum Gasteiger partial charge on any atom is -0.451 e. The van der Waals surface area contributed by atoms with E-state index in [1.807, 2.05) is 0 Å². The van der Waals surface area contributed by atoms with E-state index in [4.69, 9.17) is 4.74 Å². The molecule has 0 saturated heterocycles. The first kappa shape index (κ1) is 18.8. The smallest absolute Gasteiger partial charge is 0.359 e. The number of anilines is 1. The predicted octanol–water partition coefficient (Wildman–Crippen LogP) is 1.08. The fraction of sp³-hybridized carbons (Fsp3) is 0.105. The molecule has 1 aromatic heterocycles. The molecule has 0 fully saturated rings. The lowest BCUT2D eigenvalue weighted by Crippen LogP contribution is -2.23. The minimum atomic E-state index is -0.846. The Kier molecular flexibility index (Phi) is 5.45. The van der Waals surface area contributed by atoms with Gasteiger partial charge in [0.2, 0.25) is 0 Å². The van der Waals surface area contributed by atoms with Crippen LogP contribution in [-0.4, -0.2) is 41.6 Å². The number of amides is 2. The van der Waals surface area contributed by atoms with Crippen LogP contribution in [0.3, 0.4) is 0 Å². The van der Waals surface area contributed by atoms with Gasteiger partial charge in [-0.3, -0.25) is 14.4 Å². The van der Waals surface area contributed by atoms with Gasteiger partial charge in [0.05, 0.1) is 5.39 Å². The summed E-state index contributed by atoms with van der Waals surface area (Å²) >= 11 is 0. The van der Waals surface area contributed by atoms with Crippen molar-refractivity contribution in [3.05, 3.63) is 70.1 Å². The number of esters is 1. The summed E-state index contributed by atoms with van der Waals surface area (Å²) in [6.45, 7) is -0.557. The number of aromatic nitrogens is 2. The second-order valence-corrected chi connectivity index (χ2v) is 5.73. The van der Waals surface area contributed by atoms with E-state index in [2.05, 4.69) is 20.8 Å². The van der Waals surface area contributed by atoms with Gasteiger partial charge in [-0.1, -0.05) is 24.3 Å². The van der Waals surface area contributed by atoms with Crippen LogP contribution in [-0.2, 0) is 9.53 Å². The molecule has 2 aromatic carbocycles. The molecule has 0 bridgehead atoms. The van der Waals surface area contributed by atoms with Crippen LogP contribution in [0.5, 0.6) is 0 Å². The summed E-state index contributed by atoms with van der Waals surface area (Å²) in [4.78, 5) is 47.7. The molecule has 1 heterocycles. The highest BCUT2D eigenvalue weighted by Crippen LogP contribution is 2.14. The molecule has 9 nitrogen and oxygen atoms in total. The first-order valence-corrected chi connectivity index (χ1v) is 8.26. The molecule has 9 heteroatoms. The third-order valence-corrected chi connectivity index (χ3v) is 3.86. The molecule has 142 valence electrons. The molecule has 0 unspecified atom stereocenters. The fourth-order valence-electron chi connectivity index (χ4n) is 2.55. The highest BCUT2D eigenvalue weighted by molar-refractivity contribution is 6.03. The van der Waals surface area contributed by atoms with Gasteiger partial charge >= 0.3 is 5.97 Å². The van der Waals surface area contributed by atoms with Crippen molar-refractivity contribution in [1.82, 2.24) is 15.5 Å². The van der Waals surface area contributed by atoms with Gasteiger partial charge in [0.1, 0.15) is 0 Å². The molecule has 2 amide bonds. The Bertz CT molecular complexity index is 1120. The molecule has 28 heavy (non-hydrogen) atoms. The monoisotopic (exact) mass is 380 g/mol. The Morgan fingerprint density at radius 2 is 1.82 bits per heavy atom. The van der Waals surface area contributed by atoms with Crippen LogP contribution in [0.2, 0.25) is 0 Å². The van der Waals surface area contributed by atoms with E-state index in [0.717, 1.165) is 0 Å². The van der Waals surface area contributed by atoms with E-state index in [9.17, 15) is 19.2 Å². The molecule has 0 aliphatic heterocycles. The Balaban J connectivity index is 1.67. The molecule has 0 aliphatic carbocycles. The number of nitrogens with one attached hydrogen (secondary N) is 3. The first-order chi connectivity index (χ1) is 13.5. The predicted molar refractivity (Wildman–Crippen MR) is 101 cm³/mol. The maximum absolute atomic E-state index is 12.3. The third kappa shape index (κ3) is 4.04. The van der Waals surface area contributed by atoms with Gasteiger partial charge in [-0.05, 0) is 24.3 Å². The van der Waals surface area contributed by atoms with Crippen LogP contribution >= 0.6 is 0 Å². The molecule has 0 spiro atoms. The number of hydrogen-bond donors (Lipinski definition) is 3. The van der Waals surface area contributed by atoms with E-state index in [0.29, 0.717) is 22.0 Å². The Morgan fingerprint density at radius 1 is 1.07 bits per heavy atom. The van der Waals surface area contributed by atoms with Gasteiger partial charge in [0.25, 0.3) is 17.4 Å². The zero-order chi connectivity index (χ0) is 20.1. The van der Waals surface area contributed by atoms with E-state index < -0.39 is 24.0 Å². The lowest BCUT2D eigenvalue weighted by atomic mass is 10.1. The minimum absolute atomic E-state index is 0.0929. The normalized spacial score (nSPS) is 10.3. The SMILES string of the molecule is CNC(=O)c1cccc(NC(=O)COC(=O)c2n[nH]c(=O)c3ccccc23)c1. The van der Waals surface area contributed by atoms with Crippen LogP contribution in [0.15, 0.2) is 53.3 Å². The van der Waals surface area contributed by atoms with Gasteiger partial charge in [-0.2, -0.15) is 5.10 Å². The summed E-state index contributed by atoms with van der Waals surface area (Å²) in [5.74, 6) is -1.73. The van der Waals surface area contributed by atoms with Crippen LogP contribution in [0.4, 0.5) is 5.69 Å². The Morgan fingerprint density at radius 3 is 2.57 bits per heavy atom. The van der Waals surface area contributed by atoms with Crippen molar-refractivity contribution in [2.45, 2.75) is 0 Å². The average Bonchev–Trinajstić information content (AvgIpc) is 2.72. The van der Waals surface area contributed by atoms with Gasteiger partial charge in [0, 0.05) is 23.7 Å². The summed E-state index contributed by atoms with van der Waals surface area (Å²) in [7, 11) is 1.50. The van der Waals surface area contributed by atoms with Gasteiger partial charge in [-0.25, -0.2) is 9.89 Å². The van der Waals surface area contributed by atoms with Crippen molar-refractivity contribution in [1.29, 1.82) is 0 Å². The fourth-order valence-corrected chi connectivity index (χ4v) is 2.55. The van der Waals surface area contributed by atoms with Crippen molar-refractivity contribution in [2.24, 2.45) is 0 Å². The molecular formula is C19H16N4O5. The molecule has 0 saturated carbocycles. The van der Waals surface area contributed by atoms with Gasteiger partial charge < -0.3 is 15.4 Å². The number of rotatable bonds is 5. The lowest BCUT2D eigenvalue weighted by molar-refractivity contribution is -0.119. The van der Waals surface area contributed by atoms with Gasteiger partial charge in [-0.15, -0.1) is 0 Å². The topological polar surface area (TPSA) is 130 Å². The summed E-state index contributed by atoms with van der Waals surface area (Å²) in [5, 5.41) is 11.6. The number of fused-ring (bicyclic) bond motifs is 1. The van der Waals surface area contributed by atoms with Crippen LogP contribution in [0, 0.1) is 0 Å². The largest absolute Gasteiger partial charge is 0.451 e. The van der Waals surface area contributed by atoms with E-state index in [1.54, 1.807) is 42.5 Å².